The molecule has 29 heavy (non-hydrogen) atoms. The Balaban J connectivity index is 1.74. The first-order valence-electron chi connectivity index (χ1n) is 9.73. The molecule has 0 amide bonds. The smallest absolute Gasteiger partial charge is 0.229 e. The van der Waals surface area contributed by atoms with Crippen LogP contribution in [0.2, 0.25) is 0 Å². The fraction of sp³-hybridized carbons (Fsp3) is 0.261. The largest absolute Gasteiger partial charge is 0.497 e. The summed E-state index contributed by atoms with van der Waals surface area (Å²) in [4.78, 5) is 22.0. The number of nitrogens with zero attached hydrogens (tertiary/aromatic N) is 2. The number of nitrogens with one attached hydrogen (secondary N) is 2. The second kappa shape index (κ2) is 7.91. The molecule has 0 bridgehead atoms. The van der Waals surface area contributed by atoms with E-state index in [9.17, 15) is 4.79 Å². The Labute approximate surface area is 170 Å². The lowest BCUT2D eigenvalue weighted by atomic mass is 9.95. The number of ketones is 1. The van der Waals surface area contributed by atoms with Crippen molar-refractivity contribution in [2.24, 2.45) is 0 Å². The molecule has 0 spiro atoms. The van der Waals surface area contributed by atoms with Crippen LogP contribution < -0.4 is 15.4 Å². The number of fused-ring (bicyclic) bond motifs is 1. The van der Waals surface area contributed by atoms with E-state index in [2.05, 4.69) is 20.6 Å². The number of hydrogen-bond acceptors (Lipinski definition) is 6. The van der Waals surface area contributed by atoms with Gasteiger partial charge in [0.25, 0.3) is 0 Å². The molecule has 0 fully saturated rings. The maximum absolute atomic E-state index is 12.7. The molecule has 148 valence electrons. The van der Waals surface area contributed by atoms with Crippen molar-refractivity contribution in [3.8, 4) is 5.75 Å². The highest BCUT2D eigenvalue weighted by Crippen LogP contribution is 2.32. The Hall–Kier alpha value is -3.41. The first-order valence-corrected chi connectivity index (χ1v) is 9.73. The van der Waals surface area contributed by atoms with Crippen LogP contribution in [0.5, 0.6) is 5.75 Å². The SMILES string of the molecule is COc1ccc(Nc2nc3c(c(Nc4c(C)cccc4C)n2)C(=O)CCC3)cc1. The van der Waals surface area contributed by atoms with Gasteiger partial charge in [-0.1, -0.05) is 18.2 Å². The van der Waals surface area contributed by atoms with Gasteiger partial charge in [-0.3, -0.25) is 4.79 Å². The number of hydrogen-bond donors (Lipinski definition) is 2. The van der Waals surface area contributed by atoms with Gasteiger partial charge >= 0.3 is 0 Å². The average Bonchev–Trinajstić information content (AvgIpc) is 2.71. The van der Waals surface area contributed by atoms with Gasteiger partial charge in [0.15, 0.2) is 5.78 Å². The maximum atomic E-state index is 12.7. The minimum atomic E-state index is 0.0935. The third-order valence-corrected chi connectivity index (χ3v) is 5.15. The Morgan fingerprint density at radius 3 is 2.34 bits per heavy atom. The first kappa shape index (κ1) is 18.9. The van der Waals surface area contributed by atoms with Crippen LogP contribution in [0.15, 0.2) is 42.5 Å². The highest BCUT2D eigenvalue weighted by Gasteiger charge is 2.25. The first-order chi connectivity index (χ1) is 14.0. The molecular formula is C23H24N4O2. The van der Waals surface area contributed by atoms with Crippen molar-refractivity contribution in [1.82, 2.24) is 9.97 Å². The van der Waals surface area contributed by atoms with E-state index in [-0.39, 0.29) is 5.78 Å². The Kier molecular flexibility index (Phi) is 5.16. The summed E-state index contributed by atoms with van der Waals surface area (Å²) in [7, 11) is 1.64. The Morgan fingerprint density at radius 2 is 1.66 bits per heavy atom. The van der Waals surface area contributed by atoms with Gasteiger partial charge in [-0.25, -0.2) is 4.98 Å². The monoisotopic (exact) mass is 388 g/mol. The molecule has 6 heteroatoms. The summed E-state index contributed by atoms with van der Waals surface area (Å²) < 4.78 is 5.21. The maximum Gasteiger partial charge on any atom is 0.229 e. The minimum Gasteiger partial charge on any atom is -0.497 e. The zero-order valence-corrected chi connectivity index (χ0v) is 16.9. The quantitative estimate of drug-likeness (QED) is 0.633. The number of Topliss-reactive ketones (excluding diaryl/α,β-unsaturated/α-hetero) is 1. The Morgan fingerprint density at radius 1 is 0.931 bits per heavy atom. The number of methoxy groups -OCH3 is 1. The fourth-order valence-corrected chi connectivity index (χ4v) is 3.60. The van der Waals surface area contributed by atoms with E-state index in [4.69, 9.17) is 4.74 Å². The zero-order chi connectivity index (χ0) is 20.4. The normalized spacial score (nSPS) is 13.0. The number of aryl methyl sites for hydroxylation is 3. The van der Waals surface area contributed by atoms with E-state index in [0.29, 0.717) is 23.8 Å². The number of ether oxygens (including phenoxy) is 1. The van der Waals surface area contributed by atoms with Crippen LogP contribution in [0.25, 0.3) is 0 Å². The molecule has 4 rings (SSSR count). The molecular weight excluding hydrogens is 364 g/mol. The van der Waals surface area contributed by atoms with Crippen LogP contribution in [0, 0.1) is 13.8 Å². The van der Waals surface area contributed by atoms with Crippen LogP contribution in [0.3, 0.4) is 0 Å². The summed E-state index contributed by atoms with van der Waals surface area (Å²) in [6.07, 6.45) is 2.11. The molecule has 1 aliphatic rings. The lowest BCUT2D eigenvalue weighted by Crippen LogP contribution is -2.18. The van der Waals surface area contributed by atoms with Gasteiger partial charge in [0, 0.05) is 17.8 Å². The average molecular weight is 388 g/mol. The molecule has 6 nitrogen and oxygen atoms in total. The second-order valence-corrected chi connectivity index (χ2v) is 7.24. The molecule has 2 aromatic carbocycles. The molecule has 1 heterocycles. The molecule has 0 atom stereocenters. The molecule has 3 aromatic rings. The standard InChI is InChI=1S/C23H24N4O2/c1-14-6-4-7-15(2)21(14)26-22-20-18(8-5-9-19(20)28)25-23(27-22)24-16-10-12-17(29-3)13-11-16/h4,6-7,10-13H,5,8-9H2,1-3H3,(H2,24,25,26,27). The molecule has 0 saturated carbocycles. The fourth-order valence-electron chi connectivity index (χ4n) is 3.60. The van der Waals surface area contributed by atoms with Crippen molar-refractivity contribution < 1.29 is 9.53 Å². The van der Waals surface area contributed by atoms with Crippen LogP contribution in [-0.4, -0.2) is 22.9 Å². The summed E-state index contributed by atoms with van der Waals surface area (Å²) in [5.41, 5.74) is 5.43. The summed E-state index contributed by atoms with van der Waals surface area (Å²) in [6.45, 7) is 4.09. The van der Waals surface area contributed by atoms with Crippen molar-refractivity contribution in [2.75, 3.05) is 17.7 Å². The topological polar surface area (TPSA) is 76.1 Å². The van der Waals surface area contributed by atoms with Crippen molar-refractivity contribution in [2.45, 2.75) is 33.1 Å². The van der Waals surface area contributed by atoms with E-state index in [1.165, 1.54) is 0 Å². The van der Waals surface area contributed by atoms with Gasteiger partial charge in [0.2, 0.25) is 5.95 Å². The Bertz CT molecular complexity index is 1040. The highest BCUT2D eigenvalue weighted by atomic mass is 16.5. The van der Waals surface area contributed by atoms with E-state index in [0.717, 1.165) is 46.8 Å². The predicted octanol–water partition coefficient (Wildman–Crippen LogP) is 5.11. The van der Waals surface area contributed by atoms with Gasteiger partial charge in [-0.15, -0.1) is 0 Å². The molecule has 1 aliphatic carbocycles. The summed E-state index contributed by atoms with van der Waals surface area (Å²) in [6, 6.07) is 13.7. The van der Waals surface area contributed by atoms with Crippen molar-refractivity contribution in [3.05, 3.63) is 64.8 Å². The molecule has 0 unspecified atom stereocenters. The number of carbonyl (C=O) groups is 1. The van der Waals surface area contributed by atoms with Crippen LogP contribution in [-0.2, 0) is 6.42 Å². The number of aromatic nitrogens is 2. The third kappa shape index (κ3) is 3.92. The van der Waals surface area contributed by atoms with Gasteiger partial charge in [0.05, 0.1) is 18.4 Å². The van der Waals surface area contributed by atoms with Gasteiger partial charge < -0.3 is 15.4 Å². The van der Waals surface area contributed by atoms with E-state index in [1.807, 2.05) is 56.3 Å². The molecule has 2 N–H and O–H groups in total. The van der Waals surface area contributed by atoms with Crippen LogP contribution >= 0.6 is 0 Å². The lowest BCUT2D eigenvalue weighted by molar-refractivity contribution is 0.0972. The van der Waals surface area contributed by atoms with Crippen LogP contribution in [0.1, 0.15) is 40.0 Å². The number of para-hydroxylation sites is 1. The number of benzene rings is 2. The number of anilines is 4. The van der Waals surface area contributed by atoms with E-state index in [1.54, 1.807) is 7.11 Å². The van der Waals surface area contributed by atoms with Crippen molar-refractivity contribution >= 4 is 28.9 Å². The summed E-state index contributed by atoms with van der Waals surface area (Å²) >= 11 is 0. The van der Waals surface area contributed by atoms with Gasteiger partial charge in [-0.05, 0) is 62.1 Å². The second-order valence-electron chi connectivity index (χ2n) is 7.24. The predicted molar refractivity (Wildman–Crippen MR) is 115 cm³/mol. The number of carbonyl (C=O) groups excluding carboxylic acids is 1. The van der Waals surface area contributed by atoms with Gasteiger partial charge in [-0.2, -0.15) is 4.98 Å². The lowest BCUT2D eigenvalue weighted by Gasteiger charge is -2.20. The van der Waals surface area contributed by atoms with Crippen molar-refractivity contribution in [3.63, 3.8) is 0 Å². The van der Waals surface area contributed by atoms with E-state index >= 15 is 0 Å². The van der Waals surface area contributed by atoms with Crippen LogP contribution in [0.4, 0.5) is 23.1 Å². The molecule has 0 aliphatic heterocycles. The summed E-state index contributed by atoms with van der Waals surface area (Å²) in [5.74, 6) is 1.91. The van der Waals surface area contributed by atoms with Crippen molar-refractivity contribution in [1.29, 1.82) is 0 Å². The zero-order valence-electron chi connectivity index (χ0n) is 16.9. The molecule has 1 aromatic heterocycles. The molecule has 0 saturated heterocycles. The summed E-state index contributed by atoms with van der Waals surface area (Å²) in [5, 5.41) is 6.66. The molecule has 0 radical (unpaired) electrons. The van der Waals surface area contributed by atoms with E-state index < -0.39 is 0 Å². The minimum absolute atomic E-state index is 0.0935. The number of rotatable bonds is 5. The van der Waals surface area contributed by atoms with Gasteiger partial charge in [0.1, 0.15) is 11.6 Å². The highest BCUT2D eigenvalue weighted by molar-refractivity contribution is 6.03. The third-order valence-electron chi connectivity index (χ3n) is 5.15.